The van der Waals surface area contributed by atoms with Crippen LogP contribution < -0.4 is 5.32 Å². The molecular weight excluding hydrogens is 234 g/mol. The normalized spacial score (nSPS) is 18.3. The van der Waals surface area contributed by atoms with Gasteiger partial charge in [-0.2, -0.15) is 0 Å². The van der Waals surface area contributed by atoms with Crippen LogP contribution >= 0.6 is 0 Å². The first-order valence-corrected chi connectivity index (χ1v) is 6.66. The highest BCUT2D eigenvalue weighted by Gasteiger charge is 2.30. The minimum atomic E-state index is -0.915. The summed E-state index contributed by atoms with van der Waals surface area (Å²) in [6, 6.07) is -0.722. The Labute approximate surface area is 108 Å². The molecule has 1 saturated carbocycles. The quantitative estimate of drug-likeness (QED) is 0.679. The van der Waals surface area contributed by atoms with E-state index >= 15 is 0 Å². The second kappa shape index (κ2) is 8.08. The largest absolute Gasteiger partial charge is 0.480 e. The van der Waals surface area contributed by atoms with Crippen molar-refractivity contribution in [2.24, 2.45) is 5.92 Å². The molecule has 1 amide bonds. The average molecular weight is 257 g/mol. The van der Waals surface area contributed by atoms with Crippen LogP contribution in [0.3, 0.4) is 0 Å². The fourth-order valence-corrected chi connectivity index (χ4v) is 2.47. The summed E-state index contributed by atoms with van der Waals surface area (Å²) >= 11 is 0. The van der Waals surface area contributed by atoms with Crippen molar-refractivity contribution in [1.82, 2.24) is 5.32 Å². The Morgan fingerprint density at radius 3 is 2.56 bits per heavy atom. The highest BCUT2D eigenvalue weighted by atomic mass is 16.5. The Bertz CT molecular complexity index is 274. The summed E-state index contributed by atoms with van der Waals surface area (Å²) in [7, 11) is 1.58. The van der Waals surface area contributed by atoms with Crippen LogP contribution in [0.1, 0.15) is 44.9 Å². The van der Waals surface area contributed by atoms with E-state index in [-0.39, 0.29) is 11.8 Å². The van der Waals surface area contributed by atoms with Crippen molar-refractivity contribution in [3.05, 3.63) is 0 Å². The molecule has 104 valence electrons. The first kappa shape index (κ1) is 15.0. The first-order chi connectivity index (χ1) is 8.65. The second-order valence-electron chi connectivity index (χ2n) is 4.88. The second-order valence-corrected chi connectivity index (χ2v) is 4.88. The van der Waals surface area contributed by atoms with Gasteiger partial charge in [0, 0.05) is 20.1 Å². The number of methoxy groups -OCH3 is 1. The number of carbonyl (C=O) groups excluding carboxylic acids is 1. The van der Waals surface area contributed by atoms with Gasteiger partial charge in [-0.3, -0.25) is 4.79 Å². The molecule has 1 fully saturated rings. The van der Waals surface area contributed by atoms with E-state index in [9.17, 15) is 14.7 Å². The SMILES string of the molecule is COCCCC(=O)NC(C(=O)O)C1CCCCC1. The molecule has 1 aliphatic carbocycles. The van der Waals surface area contributed by atoms with Crippen LogP contribution in [0.2, 0.25) is 0 Å². The zero-order chi connectivity index (χ0) is 13.4. The Morgan fingerprint density at radius 2 is 2.00 bits per heavy atom. The third kappa shape index (κ3) is 5.04. The minimum absolute atomic E-state index is 0.0858. The molecule has 0 aliphatic heterocycles. The molecule has 1 rings (SSSR count). The maximum atomic E-state index is 11.6. The van der Waals surface area contributed by atoms with Crippen molar-refractivity contribution in [3.8, 4) is 0 Å². The van der Waals surface area contributed by atoms with Gasteiger partial charge in [0.1, 0.15) is 6.04 Å². The van der Waals surface area contributed by atoms with Gasteiger partial charge in [-0.25, -0.2) is 4.79 Å². The number of hydrogen-bond donors (Lipinski definition) is 2. The predicted octanol–water partition coefficient (Wildman–Crippen LogP) is 1.56. The van der Waals surface area contributed by atoms with Gasteiger partial charge in [0.2, 0.25) is 5.91 Å². The third-order valence-corrected chi connectivity index (χ3v) is 3.46. The molecule has 0 aromatic heterocycles. The predicted molar refractivity (Wildman–Crippen MR) is 67.3 cm³/mol. The minimum Gasteiger partial charge on any atom is -0.480 e. The van der Waals surface area contributed by atoms with Gasteiger partial charge in [-0.05, 0) is 25.2 Å². The lowest BCUT2D eigenvalue weighted by Crippen LogP contribution is -2.46. The summed E-state index contributed by atoms with van der Waals surface area (Å²) in [5.41, 5.74) is 0. The molecule has 0 aromatic rings. The molecule has 0 radical (unpaired) electrons. The van der Waals surface area contributed by atoms with E-state index in [4.69, 9.17) is 4.74 Å². The van der Waals surface area contributed by atoms with Crippen LogP contribution in [-0.4, -0.2) is 36.7 Å². The molecule has 5 nitrogen and oxygen atoms in total. The Balaban J connectivity index is 2.41. The van der Waals surface area contributed by atoms with Crippen molar-refractivity contribution in [2.45, 2.75) is 51.0 Å². The summed E-state index contributed by atoms with van der Waals surface area (Å²) in [6.45, 7) is 0.522. The van der Waals surface area contributed by atoms with Crippen molar-refractivity contribution in [2.75, 3.05) is 13.7 Å². The molecule has 0 aromatic carbocycles. The van der Waals surface area contributed by atoms with E-state index in [1.165, 1.54) is 6.42 Å². The highest BCUT2D eigenvalue weighted by Crippen LogP contribution is 2.26. The summed E-state index contributed by atoms with van der Waals surface area (Å²) < 4.78 is 4.86. The number of nitrogens with one attached hydrogen (secondary N) is 1. The Hall–Kier alpha value is -1.10. The van der Waals surface area contributed by atoms with E-state index in [0.29, 0.717) is 19.4 Å². The fourth-order valence-electron chi connectivity index (χ4n) is 2.47. The molecular formula is C13H23NO4. The molecule has 1 unspecified atom stereocenters. The lowest BCUT2D eigenvalue weighted by molar-refractivity contribution is -0.143. The summed E-state index contributed by atoms with van der Waals surface area (Å²) in [5, 5.41) is 11.9. The fraction of sp³-hybridized carbons (Fsp3) is 0.846. The molecule has 5 heteroatoms. The zero-order valence-electron chi connectivity index (χ0n) is 11.0. The summed E-state index contributed by atoms with van der Waals surface area (Å²) in [6.07, 6.45) is 6.04. The highest BCUT2D eigenvalue weighted by molar-refractivity contribution is 5.83. The van der Waals surface area contributed by atoms with Crippen LogP contribution in [0.4, 0.5) is 0 Å². The number of hydrogen-bond acceptors (Lipinski definition) is 3. The van der Waals surface area contributed by atoms with E-state index in [1.807, 2.05) is 0 Å². The first-order valence-electron chi connectivity index (χ1n) is 6.66. The molecule has 1 atom stereocenters. The molecule has 1 aliphatic rings. The van der Waals surface area contributed by atoms with Gasteiger partial charge in [0.15, 0.2) is 0 Å². The standard InChI is InChI=1S/C13H23NO4/c1-18-9-5-8-11(15)14-12(13(16)17)10-6-3-2-4-7-10/h10,12H,2-9H2,1H3,(H,14,15)(H,16,17). The van der Waals surface area contributed by atoms with E-state index < -0.39 is 12.0 Å². The van der Waals surface area contributed by atoms with Crippen LogP contribution in [0, 0.1) is 5.92 Å². The van der Waals surface area contributed by atoms with E-state index in [1.54, 1.807) is 7.11 Å². The lowest BCUT2D eigenvalue weighted by atomic mass is 9.84. The molecule has 2 N–H and O–H groups in total. The topological polar surface area (TPSA) is 75.6 Å². The number of aliphatic carboxylic acids is 1. The van der Waals surface area contributed by atoms with E-state index in [0.717, 1.165) is 25.7 Å². The van der Waals surface area contributed by atoms with Gasteiger partial charge in [0.05, 0.1) is 0 Å². The van der Waals surface area contributed by atoms with Crippen molar-refractivity contribution in [1.29, 1.82) is 0 Å². The number of ether oxygens (including phenoxy) is 1. The Kier molecular flexibility index (Phi) is 6.72. The Morgan fingerprint density at radius 1 is 1.33 bits per heavy atom. The average Bonchev–Trinajstić information content (AvgIpc) is 2.37. The van der Waals surface area contributed by atoms with Gasteiger partial charge in [0.25, 0.3) is 0 Å². The van der Waals surface area contributed by atoms with Crippen LogP contribution in [-0.2, 0) is 14.3 Å². The monoisotopic (exact) mass is 257 g/mol. The van der Waals surface area contributed by atoms with E-state index in [2.05, 4.69) is 5.32 Å². The number of amides is 1. The van der Waals surface area contributed by atoms with Crippen molar-refractivity contribution >= 4 is 11.9 Å². The maximum Gasteiger partial charge on any atom is 0.326 e. The number of rotatable bonds is 7. The summed E-state index contributed by atoms with van der Waals surface area (Å²) in [5.74, 6) is -1.02. The van der Waals surface area contributed by atoms with Crippen molar-refractivity contribution in [3.63, 3.8) is 0 Å². The zero-order valence-corrected chi connectivity index (χ0v) is 11.0. The third-order valence-electron chi connectivity index (χ3n) is 3.46. The molecule has 18 heavy (non-hydrogen) atoms. The lowest BCUT2D eigenvalue weighted by Gasteiger charge is -2.28. The van der Waals surface area contributed by atoms with Crippen LogP contribution in [0.25, 0.3) is 0 Å². The molecule has 0 spiro atoms. The maximum absolute atomic E-state index is 11.6. The van der Waals surface area contributed by atoms with Crippen molar-refractivity contribution < 1.29 is 19.4 Å². The van der Waals surface area contributed by atoms with Gasteiger partial charge >= 0.3 is 5.97 Å². The van der Waals surface area contributed by atoms with Gasteiger partial charge in [-0.15, -0.1) is 0 Å². The number of carbonyl (C=O) groups is 2. The van der Waals surface area contributed by atoms with Crippen LogP contribution in [0.5, 0.6) is 0 Å². The molecule has 0 heterocycles. The molecule has 0 saturated heterocycles. The summed E-state index contributed by atoms with van der Waals surface area (Å²) in [4.78, 5) is 22.9. The molecule has 0 bridgehead atoms. The number of carboxylic acids is 1. The van der Waals surface area contributed by atoms with Crippen LogP contribution in [0.15, 0.2) is 0 Å². The van der Waals surface area contributed by atoms with Gasteiger partial charge < -0.3 is 15.2 Å². The van der Waals surface area contributed by atoms with Gasteiger partial charge in [-0.1, -0.05) is 19.3 Å². The smallest absolute Gasteiger partial charge is 0.326 e. The number of carboxylic acid groups (broad SMARTS) is 1.